The van der Waals surface area contributed by atoms with Crippen LogP contribution in [-0.4, -0.2) is 19.2 Å². The lowest BCUT2D eigenvalue weighted by Gasteiger charge is -2.12. The highest BCUT2D eigenvalue weighted by Gasteiger charge is 2.22. The summed E-state index contributed by atoms with van der Waals surface area (Å²) in [6, 6.07) is 12.8. The van der Waals surface area contributed by atoms with Gasteiger partial charge in [-0.15, -0.1) is 0 Å². The van der Waals surface area contributed by atoms with Crippen LogP contribution >= 0.6 is 11.6 Å². The zero-order valence-corrected chi connectivity index (χ0v) is 17.3. The Balaban J connectivity index is 1.98. The van der Waals surface area contributed by atoms with Gasteiger partial charge in [0.25, 0.3) is 10.0 Å². The summed E-state index contributed by atoms with van der Waals surface area (Å²) in [7, 11) is -4.00. The van der Waals surface area contributed by atoms with E-state index in [1.54, 1.807) is 12.1 Å². The minimum absolute atomic E-state index is 0.0304. The molecule has 0 saturated heterocycles. The van der Waals surface area contributed by atoms with Gasteiger partial charge in [-0.05, 0) is 41.8 Å². The first-order valence-corrected chi connectivity index (χ1v) is 10.6. The number of benzene rings is 2. The molecule has 0 aliphatic heterocycles. The maximum absolute atomic E-state index is 13.5. The Morgan fingerprint density at radius 3 is 2.41 bits per heavy atom. The van der Waals surface area contributed by atoms with Crippen LogP contribution in [-0.2, 0) is 10.0 Å². The van der Waals surface area contributed by atoms with E-state index in [4.69, 9.17) is 11.6 Å². The number of halogens is 2. The van der Waals surface area contributed by atoms with Crippen molar-refractivity contribution in [1.29, 1.82) is 0 Å². The first-order chi connectivity index (χ1) is 13.7. The van der Waals surface area contributed by atoms with Crippen LogP contribution in [0.2, 0.25) is 5.02 Å². The Kier molecular flexibility index (Phi) is 6.00. The molecule has 0 spiro atoms. The van der Waals surface area contributed by atoms with Gasteiger partial charge < -0.3 is 0 Å². The van der Waals surface area contributed by atoms with Gasteiger partial charge in [0, 0.05) is 11.8 Å². The van der Waals surface area contributed by atoms with Crippen LogP contribution in [0.3, 0.4) is 0 Å². The van der Waals surface area contributed by atoms with E-state index in [1.807, 2.05) is 13.8 Å². The van der Waals surface area contributed by atoms with Crippen LogP contribution in [0.15, 0.2) is 65.7 Å². The van der Waals surface area contributed by atoms with Crippen molar-refractivity contribution in [2.45, 2.75) is 24.7 Å². The van der Waals surface area contributed by atoms with Crippen LogP contribution < -0.4 is 4.72 Å². The number of ketones is 1. The zero-order valence-electron chi connectivity index (χ0n) is 15.7. The molecule has 1 N–H and O–H groups in total. The molecular weight excluding hydrogens is 415 g/mol. The largest absolute Gasteiger partial charge is 0.288 e. The smallest absolute Gasteiger partial charge is 0.263 e. The van der Waals surface area contributed by atoms with Crippen LogP contribution in [0, 0.1) is 5.82 Å². The fraction of sp³-hybridized carbons (Fsp3) is 0.143. The van der Waals surface area contributed by atoms with Gasteiger partial charge in [0.2, 0.25) is 0 Å². The lowest BCUT2D eigenvalue weighted by atomic mass is 10.0. The Morgan fingerprint density at radius 2 is 1.79 bits per heavy atom. The number of rotatable bonds is 6. The predicted octanol–water partition coefficient (Wildman–Crippen LogP) is 5.03. The van der Waals surface area contributed by atoms with Gasteiger partial charge in [-0.1, -0.05) is 49.7 Å². The number of hydrogen-bond acceptors (Lipinski definition) is 4. The van der Waals surface area contributed by atoms with Crippen molar-refractivity contribution in [3.05, 3.63) is 88.3 Å². The monoisotopic (exact) mass is 432 g/mol. The van der Waals surface area contributed by atoms with Crippen LogP contribution in [0.1, 0.15) is 41.3 Å². The van der Waals surface area contributed by atoms with Crippen molar-refractivity contribution in [3.8, 4) is 0 Å². The lowest BCUT2D eigenvalue weighted by Crippen LogP contribution is -2.17. The van der Waals surface area contributed by atoms with Crippen LogP contribution in [0.5, 0.6) is 0 Å². The van der Waals surface area contributed by atoms with E-state index in [1.165, 1.54) is 42.6 Å². The van der Waals surface area contributed by atoms with Gasteiger partial charge in [-0.2, -0.15) is 0 Å². The molecule has 150 valence electrons. The molecule has 0 atom stereocenters. The van der Waals surface area contributed by atoms with Crippen molar-refractivity contribution in [2.75, 3.05) is 4.72 Å². The molecule has 8 heteroatoms. The quantitative estimate of drug-likeness (QED) is 0.554. The molecule has 0 aliphatic carbocycles. The van der Waals surface area contributed by atoms with E-state index in [9.17, 15) is 17.6 Å². The molecule has 29 heavy (non-hydrogen) atoms. The predicted molar refractivity (Wildman–Crippen MR) is 110 cm³/mol. The number of sulfonamides is 1. The molecule has 0 radical (unpaired) electrons. The maximum atomic E-state index is 13.5. The summed E-state index contributed by atoms with van der Waals surface area (Å²) in [6.07, 6.45) is 1.23. The molecule has 5 nitrogen and oxygen atoms in total. The topological polar surface area (TPSA) is 76.1 Å². The van der Waals surface area contributed by atoms with Gasteiger partial charge in [-0.3, -0.25) is 9.52 Å². The first kappa shape index (κ1) is 21.0. The molecule has 1 aromatic heterocycles. The summed E-state index contributed by atoms with van der Waals surface area (Å²) in [5, 5.41) is 0.147. The number of anilines is 1. The lowest BCUT2D eigenvalue weighted by molar-refractivity contribution is 0.103. The highest BCUT2D eigenvalue weighted by Crippen LogP contribution is 2.25. The Hall–Kier alpha value is -2.77. The summed E-state index contributed by atoms with van der Waals surface area (Å²) in [5.41, 5.74) is 0.969. The number of nitrogens with one attached hydrogen (secondary N) is 1. The Bertz CT molecular complexity index is 1160. The van der Waals surface area contributed by atoms with Crippen molar-refractivity contribution in [3.63, 3.8) is 0 Å². The van der Waals surface area contributed by atoms with Crippen LogP contribution in [0.4, 0.5) is 10.2 Å². The molecule has 3 aromatic rings. The van der Waals surface area contributed by atoms with Gasteiger partial charge in [0.15, 0.2) is 11.6 Å². The molecule has 0 amide bonds. The minimum atomic E-state index is -4.00. The van der Waals surface area contributed by atoms with E-state index >= 15 is 0 Å². The summed E-state index contributed by atoms with van der Waals surface area (Å²) >= 11 is 5.95. The number of carbonyl (C=O) groups excluding carboxylic acids is 1. The fourth-order valence-electron chi connectivity index (χ4n) is 2.70. The van der Waals surface area contributed by atoms with Crippen molar-refractivity contribution >= 4 is 33.2 Å². The second-order valence-electron chi connectivity index (χ2n) is 6.72. The average molecular weight is 433 g/mol. The fourth-order valence-corrected chi connectivity index (χ4v) is 3.88. The summed E-state index contributed by atoms with van der Waals surface area (Å²) in [5.74, 6) is -1.12. The second kappa shape index (κ2) is 8.31. The summed E-state index contributed by atoms with van der Waals surface area (Å²) in [4.78, 5) is 16.8. The molecule has 0 fully saturated rings. The summed E-state index contributed by atoms with van der Waals surface area (Å²) in [6.45, 7) is 4.01. The number of hydrogen-bond donors (Lipinski definition) is 1. The first-order valence-electron chi connectivity index (χ1n) is 8.76. The number of nitrogens with zero attached hydrogens (tertiary/aromatic N) is 1. The Morgan fingerprint density at radius 1 is 1.10 bits per heavy atom. The number of aromatic nitrogens is 1. The van der Waals surface area contributed by atoms with Gasteiger partial charge >= 0.3 is 0 Å². The molecule has 0 bridgehead atoms. The third-order valence-corrected chi connectivity index (χ3v) is 5.84. The van der Waals surface area contributed by atoms with Crippen molar-refractivity contribution in [1.82, 2.24) is 4.98 Å². The SMILES string of the molecule is CC(C)c1ccc(S(=O)(=O)Nc2ncc(Cl)cc2C(=O)c2cccc(F)c2)cc1. The van der Waals surface area contributed by atoms with E-state index in [2.05, 4.69) is 9.71 Å². The third kappa shape index (κ3) is 4.81. The molecule has 2 aromatic carbocycles. The van der Waals surface area contributed by atoms with Gasteiger partial charge in [-0.25, -0.2) is 17.8 Å². The molecule has 0 saturated carbocycles. The normalized spacial score (nSPS) is 11.5. The second-order valence-corrected chi connectivity index (χ2v) is 8.84. The summed E-state index contributed by atoms with van der Waals surface area (Å²) < 4.78 is 41.4. The molecule has 3 rings (SSSR count). The minimum Gasteiger partial charge on any atom is -0.288 e. The van der Waals surface area contributed by atoms with E-state index in [0.717, 1.165) is 11.6 Å². The van der Waals surface area contributed by atoms with E-state index in [-0.39, 0.29) is 32.8 Å². The van der Waals surface area contributed by atoms with Crippen molar-refractivity contribution < 1.29 is 17.6 Å². The molecular formula is C21H18ClFN2O3S. The van der Waals surface area contributed by atoms with Crippen molar-refractivity contribution in [2.24, 2.45) is 0 Å². The zero-order chi connectivity index (χ0) is 21.2. The van der Waals surface area contributed by atoms with Gasteiger partial charge in [0.1, 0.15) is 5.82 Å². The van der Waals surface area contributed by atoms with E-state index < -0.39 is 21.6 Å². The highest BCUT2D eigenvalue weighted by molar-refractivity contribution is 7.92. The van der Waals surface area contributed by atoms with Gasteiger partial charge in [0.05, 0.1) is 15.5 Å². The average Bonchev–Trinajstić information content (AvgIpc) is 2.68. The molecule has 0 aliphatic rings. The highest BCUT2D eigenvalue weighted by atomic mass is 35.5. The van der Waals surface area contributed by atoms with Crippen LogP contribution in [0.25, 0.3) is 0 Å². The number of carbonyl (C=O) groups is 1. The standard InChI is InChI=1S/C21H18ClFN2O3S/c1-13(2)14-6-8-18(9-7-14)29(27,28)25-21-19(11-16(22)12-24-21)20(26)15-4-3-5-17(23)10-15/h3-13H,1-2H3,(H,24,25). The van der Waals surface area contributed by atoms with E-state index in [0.29, 0.717) is 0 Å². The maximum Gasteiger partial charge on any atom is 0.263 e. The third-order valence-electron chi connectivity index (χ3n) is 4.27. The molecule has 1 heterocycles. The molecule has 0 unspecified atom stereocenters. The Labute approximate surface area is 173 Å². The number of pyridine rings is 1.